The fourth-order valence-electron chi connectivity index (χ4n) is 2.30. The molecule has 0 radical (unpaired) electrons. The van der Waals surface area contributed by atoms with E-state index < -0.39 is 15.3 Å². The predicted molar refractivity (Wildman–Crippen MR) is 79.8 cm³/mol. The summed E-state index contributed by atoms with van der Waals surface area (Å²) in [5.41, 5.74) is 0. The zero-order valence-corrected chi connectivity index (χ0v) is 13.5. The molecule has 0 aromatic carbocycles. The van der Waals surface area contributed by atoms with Gasteiger partial charge in [-0.25, -0.2) is 13.1 Å². The Labute approximate surface area is 118 Å². The van der Waals surface area contributed by atoms with Gasteiger partial charge in [0.2, 0.25) is 10.0 Å². The second kappa shape index (κ2) is 7.57. The Bertz CT molecular complexity index is 357. The van der Waals surface area contributed by atoms with E-state index in [1.165, 1.54) is 0 Å². The highest BCUT2D eigenvalue weighted by molar-refractivity contribution is 7.90. The average Bonchev–Trinajstić information content (AvgIpc) is 2.35. The van der Waals surface area contributed by atoms with Crippen LogP contribution in [0.25, 0.3) is 0 Å². The molecule has 0 aromatic heterocycles. The quantitative estimate of drug-likeness (QED) is 0.727. The molecule has 1 heterocycles. The zero-order valence-electron chi connectivity index (χ0n) is 12.6. The number of hydrogen-bond donors (Lipinski definition) is 2. The lowest BCUT2D eigenvalue weighted by Gasteiger charge is -2.32. The van der Waals surface area contributed by atoms with Crippen LogP contribution in [-0.4, -0.2) is 56.8 Å². The van der Waals surface area contributed by atoms with E-state index in [-0.39, 0.29) is 6.04 Å². The van der Waals surface area contributed by atoms with Crippen molar-refractivity contribution >= 4 is 10.0 Å². The second-order valence-corrected chi connectivity index (χ2v) is 7.90. The van der Waals surface area contributed by atoms with Crippen LogP contribution in [0.4, 0.5) is 0 Å². The van der Waals surface area contributed by atoms with Crippen LogP contribution < -0.4 is 10.0 Å². The molecule has 0 bridgehead atoms. The summed E-state index contributed by atoms with van der Waals surface area (Å²) in [7, 11) is -3.23. The van der Waals surface area contributed by atoms with Gasteiger partial charge in [-0.1, -0.05) is 20.8 Å². The van der Waals surface area contributed by atoms with Gasteiger partial charge in [0.05, 0.1) is 5.25 Å². The summed E-state index contributed by atoms with van der Waals surface area (Å²) < 4.78 is 27.3. The minimum Gasteiger partial charge on any atom is -0.313 e. The Kier molecular flexibility index (Phi) is 6.73. The summed E-state index contributed by atoms with van der Waals surface area (Å²) in [6.07, 6.45) is 2.01. The number of likely N-dealkylation sites (tertiary alicyclic amines) is 1. The van der Waals surface area contributed by atoms with E-state index in [2.05, 4.69) is 21.9 Å². The van der Waals surface area contributed by atoms with E-state index in [0.29, 0.717) is 12.6 Å². The molecule has 1 saturated heterocycles. The summed E-state index contributed by atoms with van der Waals surface area (Å²) in [6, 6.07) is 0.378. The molecule has 1 aliphatic heterocycles. The lowest BCUT2D eigenvalue weighted by molar-refractivity contribution is 0.211. The molecule has 0 aliphatic carbocycles. The molecule has 2 unspecified atom stereocenters. The summed E-state index contributed by atoms with van der Waals surface area (Å²) in [5, 5.41) is 2.78. The van der Waals surface area contributed by atoms with Gasteiger partial charge in [0, 0.05) is 25.2 Å². The Hall–Kier alpha value is -0.170. The van der Waals surface area contributed by atoms with Gasteiger partial charge in [0.15, 0.2) is 0 Å². The summed E-state index contributed by atoms with van der Waals surface area (Å²) in [6.45, 7) is 11.3. The number of hydrogen-bond acceptors (Lipinski definition) is 4. The molecule has 5 nitrogen and oxygen atoms in total. The minimum absolute atomic E-state index is 0.0696. The van der Waals surface area contributed by atoms with Gasteiger partial charge in [0.1, 0.15) is 0 Å². The fourth-order valence-corrected chi connectivity index (χ4v) is 3.50. The summed E-state index contributed by atoms with van der Waals surface area (Å²) in [4.78, 5) is 2.30. The third kappa shape index (κ3) is 5.77. The number of likely N-dealkylation sites (N-methyl/N-ethyl adjacent to an activating group) is 1. The van der Waals surface area contributed by atoms with E-state index >= 15 is 0 Å². The third-order valence-electron chi connectivity index (χ3n) is 3.63. The first-order valence-corrected chi connectivity index (χ1v) is 8.86. The minimum atomic E-state index is -3.23. The predicted octanol–water partition coefficient (Wildman–Crippen LogP) is 0.777. The molecule has 0 spiro atoms. The molecule has 0 saturated carbocycles. The first-order chi connectivity index (χ1) is 8.85. The molecule has 0 amide bonds. The molecule has 6 heteroatoms. The standard InChI is InChI=1S/C13H29N3O2S/c1-5-16-8-6-7-13(10-16)15-19(17,18)12(4)9-14-11(2)3/h11-15H,5-10H2,1-4H3. The highest BCUT2D eigenvalue weighted by Crippen LogP contribution is 2.11. The normalized spacial score (nSPS) is 23.7. The molecule has 1 aliphatic rings. The van der Waals surface area contributed by atoms with Crippen molar-refractivity contribution in [1.29, 1.82) is 0 Å². The summed E-state index contributed by atoms with van der Waals surface area (Å²) in [5.74, 6) is 0. The van der Waals surface area contributed by atoms with Crippen LogP contribution >= 0.6 is 0 Å². The van der Waals surface area contributed by atoms with Crippen molar-refractivity contribution in [3.05, 3.63) is 0 Å². The van der Waals surface area contributed by atoms with Gasteiger partial charge in [-0.15, -0.1) is 0 Å². The lowest BCUT2D eigenvalue weighted by Crippen LogP contribution is -2.50. The van der Waals surface area contributed by atoms with Crippen LogP contribution in [0.3, 0.4) is 0 Å². The lowest BCUT2D eigenvalue weighted by atomic mass is 10.1. The van der Waals surface area contributed by atoms with Crippen molar-refractivity contribution in [1.82, 2.24) is 14.9 Å². The highest BCUT2D eigenvalue weighted by atomic mass is 32.2. The van der Waals surface area contributed by atoms with Crippen molar-refractivity contribution in [2.45, 2.75) is 57.9 Å². The fraction of sp³-hybridized carbons (Fsp3) is 1.00. The van der Waals surface area contributed by atoms with Crippen molar-refractivity contribution in [3.8, 4) is 0 Å². The maximum Gasteiger partial charge on any atom is 0.215 e. The first kappa shape index (κ1) is 16.9. The van der Waals surface area contributed by atoms with Crippen molar-refractivity contribution in [2.24, 2.45) is 0 Å². The van der Waals surface area contributed by atoms with Gasteiger partial charge < -0.3 is 10.2 Å². The number of nitrogens with zero attached hydrogens (tertiary/aromatic N) is 1. The van der Waals surface area contributed by atoms with Crippen LogP contribution in [0.2, 0.25) is 0 Å². The Morgan fingerprint density at radius 3 is 2.58 bits per heavy atom. The molecular formula is C13H29N3O2S. The summed E-state index contributed by atoms with van der Waals surface area (Å²) >= 11 is 0. The van der Waals surface area contributed by atoms with Crippen molar-refractivity contribution < 1.29 is 8.42 Å². The van der Waals surface area contributed by atoms with Crippen LogP contribution in [0, 0.1) is 0 Å². The average molecular weight is 291 g/mol. The van der Waals surface area contributed by atoms with Gasteiger partial charge in [0.25, 0.3) is 0 Å². The molecule has 2 atom stereocenters. The van der Waals surface area contributed by atoms with Crippen molar-refractivity contribution in [2.75, 3.05) is 26.2 Å². The highest BCUT2D eigenvalue weighted by Gasteiger charge is 2.27. The first-order valence-electron chi connectivity index (χ1n) is 7.32. The zero-order chi connectivity index (χ0) is 14.5. The van der Waals surface area contributed by atoms with E-state index in [1.807, 2.05) is 13.8 Å². The van der Waals surface area contributed by atoms with Gasteiger partial charge in [-0.3, -0.25) is 0 Å². The van der Waals surface area contributed by atoms with Gasteiger partial charge in [-0.2, -0.15) is 0 Å². The van der Waals surface area contributed by atoms with E-state index in [1.54, 1.807) is 6.92 Å². The number of sulfonamides is 1. The molecule has 0 aromatic rings. The van der Waals surface area contributed by atoms with E-state index in [4.69, 9.17) is 0 Å². The SMILES string of the molecule is CCN1CCCC(NS(=O)(=O)C(C)CNC(C)C)C1. The van der Waals surface area contributed by atoms with E-state index in [9.17, 15) is 8.42 Å². The molecular weight excluding hydrogens is 262 g/mol. The molecule has 1 rings (SSSR count). The van der Waals surface area contributed by atoms with Crippen LogP contribution in [0.15, 0.2) is 0 Å². The largest absolute Gasteiger partial charge is 0.313 e. The number of nitrogens with one attached hydrogen (secondary N) is 2. The Morgan fingerprint density at radius 2 is 2.00 bits per heavy atom. The third-order valence-corrected chi connectivity index (χ3v) is 5.51. The van der Waals surface area contributed by atoms with Gasteiger partial charge in [-0.05, 0) is 32.9 Å². The number of rotatable bonds is 7. The Morgan fingerprint density at radius 1 is 1.32 bits per heavy atom. The maximum atomic E-state index is 12.2. The maximum absolute atomic E-state index is 12.2. The molecule has 114 valence electrons. The van der Waals surface area contributed by atoms with Crippen molar-refractivity contribution in [3.63, 3.8) is 0 Å². The van der Waals surface area contributed by atoms with Crippen LogP contribution in [-0.2, 0) is 10.0 Å². The smallest absolute Gasteiger partial charge is 0.215 e. The number of piperidine rings is 1. The molecule has 19 heavy (non-hydrogen) atoms. The molecule has 2 N–H and O–H groups in total. The second-order valence-electron chi connectivity index (χ2n) is 5.77. The topological polar surface area (TPSA) is 61.4 Å². The monoisotopic (exact) mass is 291 g/mol. The van der Waals surface area contributed by atoms with Crippen LogP contribution in [0.1, 0.15) is 40.5 Å². The Balaban J connectivity index is 2.49. The van der Waals surface area contributed by atoms with Gasteiger partial charge >= 0.3 is 0 Å². The van der Waals surface area contributed by atoms with E-state index in [0.717, 1.165) is 32.5 Å². The molecule has 1 fully saturated rings. The van der Waals surface area contributed by atoms with Crippen LogP contribution in [0.5, 0.6) is 0 Å².